The zero-order chi connectivity index (χ0) is 19.6. The molecule has 148 valence electrons. The van der Waals surface area contributed by atoms with Crippen LogP contribution in [-0.2, 0) is 29.7 Å². The van der Waals surface area contributed by atoms with Crippen molar-refractivity contribution in [2.45, 2.75) is 20.0 Å². The Bertz CT molecular complexity index is 711. The van der Waals surface area contributed by atoms with Crippen LogP contribution in [0.3, 0.4) is 0 Å². The van der Waals surface area contributed by atoms with Crippen LogP contribution in [0.4, 0.5) is 4.79 Å². The molecule has 0 aliphatic carbocycles. The van der Waals surface area contributed by atoms with E-state index in [1.54, 1.807) is 24.3 Å². The minimum atomic E-state index is -0.278. The molecule has 0 bridgehead atoms. The molecule has 2 aromatic heterocycles. The number of urea groups is 1. The molecule has 0 aliphatic rings. The molecule has 0 aliphatic heterocycles. The molecule has 0 aromatic carbocycles. The SMILES string of the molecule is CCNC(=O)N(CCOC)CC(=O)N(Cc1ccco1)Cc1cccn1C. The Morgan fingerprint density at radius 2 is 2.04 bits per heavy atom. The van der Waals surface area contributed by atoms with Gasteiger partial charge in [-0.05, 0) is 31.2 Å². The molecule has 0 spiro atoms. The molecule has 0 atom stereocenters. The standard InChI is InChI=1S/C19H28N4O4/c1-4-20-19(25)22(10-12-26-3)15-18(24)23(14-17-8-6-11-27-17)13-16-7-5-9-21(16)2/h5-9,11H,4,10,12-15H2,1-3H3,(H,20,25). The number of nitrogens with zero attached hydrogens (tertiary/aromatic N) is 3. The highest BCUT2D eigenvalue weighted by atomic mass is 16.5. The van der Waals surface area contributed by atoms with Gasteiger partial charge in [-0.1, -0.05) is 0 Å². The van der Waals surface area contributed by atoms with Gasteiger partial charge in [-0.3, -0.25) is 4.79 Å². The van der Waals surface area contributed by atoms with Gasteiger partial charge >= 0.3 is 6.03 Å². The van der Waals surface area contributed by atoms with Crippen LogP contribution in [-0.4, -0.2) is 59.7 Å². The highest BCUT2D eigenvalue weighted by Crippen LogP contribution is 2.12. The maximum atomic E-state index is 13.0. The van der Waals surface area contributed by atoms with Crippen molar-refractivity contribution in [3.05, 3.63) is 48.2 Å². The van der Waals surface area contributed by atoms with Gasteiger partial charge in [0.05, 0.1) is 26.0 Å². The highest BCUT2D eigenvalue weighted by Gasteiger charge is 2.22. The largest absolute Gasteiger partial charge is 0.467 e. The maximum Gasteiger partial charge on any atom is 0.317 e. The van der Waals surface area contributed by atoms with Crippen LogP contribution in [0.25, 0.3) is 0 Å². The summed E-state index contributed by atoms with van der Waals surface area (Å²) < 4.78 is 12.4. The van der Waals surface area contributed by atoms with Gasteiger partial charge in [0.2, 0.25) is 5.91 Å². The number of methoxy groups -OCH3 is 1. The van der Waals surface area contributed by atoms with Crippen LogP contribution in [0.15, 0.2) is 41.1 Å². The number of nitrogens with one attached hydrogen (secondary N) is 1. The Morgan fingerprint density at radius 3 is 2.63 bits per heavy atom. The van der Waals surface area contributed by atoms with Crippen molar-refractivity contribution in [3.63, 3.8) is 0 Å². The monoisotopic (exact) mass is 376 g/mol. The maximum absolute atomic E-state index is 13.0. The molecule has 2 aromatic rings. The van der Waals surface area contributed by atoms with Crippen LogP contribution in [0, 0.1) is 0 Å². The van der Waals surface area contributed by atoms with E-state index in [0.717, 1.165) is 5.69 Å². The predicted molar refractivity (Wildman–Crippen MR) is 101 cm³/mol. The first-order valence-electron chi connectivity index (χ1n) is 8.97. The summed E-state index contributed by atoms with van der Waals surface area (Å²) in [4.78, 5) is 28.4. The lowest BCUT2D eigenvalue weighted by atomic mass is 10.3. The van der Waals surface area contributed by atoms with Crippen molar-refractivity contribution in [1.82, 2.24) is 19.7 Å². The Labute approximate surface area is 159 Å². The van der Waals surface area contributed by atoms with Crippen molar-refractivity contribution in [1.29, 1.82) is 0 Å². The van der Waals surface area contributed by atoms with Crippen molar-refractivity contribution >= 4 is 11.9 Å². The Balaban J connectivity index is 2.12. The van der Waals surface area contributed by atoms with E-state index in [4.69, 9.17) is 9.15 Å². The second-order valence-electron chi connectivity index (χ2n) is 6.19. The summed E-state index contributed by atoms with van der Waals surface area (Å²) in [5.41, 5.74) is 0.997. The summed E-state index contributed by atoms with van der Waals surface area (Å²) in [5.74, 6) is 0.536. The van der Waals surface area contributed by atoms with Crippen molar-refractivity contribution in [2.75, 3.05) is 33.4 Å². The summed E-state index contributed by atoms with van der Waals surface area (Å²) >= 11 is 0. The normalized spacial score (nSPS) is 10.6. The highest BCUT2D eigenvalue weighted by molar-refractivity contribution is 5.84. The van der Waals surface area contributed by atoms with Crippen LogP contribution in [0.5, 0.6) is 0 Å². The van der Waals surface area contributed by atoms with E-state index in [1.165, 1.54) is 4.90 Å². The number of furan rings is 1. The topological polar surface area (TPSA) is 80.0 Å². The molecule has 3 amide bonds. The van der Waals surface area contributed by atoms with Crippen molar-refractivity contribution < 1.29 is 18.7 Å². The molecule has 0 fully saturated rings. The molecule has 0 unspecified atom stereocenters. The number of hydrogen-bond acceptors (Lipinski definition) is 4. The molecule has 0 saturated heterocycles. The molecule has 2 rings (SSSR count). The molecular formula is C19H28N4O4. The number of hydrogen-bond donors (Lipinski definition) is 1. The summed E-state index contributed by atoms with van der Waals surface area (Å²) in [6.45, 7) is 3.78. The number of carbonyl (C=O) groups is 2. The number of aryl methyl sites for hydroxylation is 1. The quantitative estimate of drug-likeness (QED) is 0.686. The van der Waals surface area contributed by atoms with Gasteiger partial charge in [-0.2, -0.15) is 0 Å². The Hall–Kier alpha value is -2.74. The number of amides is 3. The van der Waals surface area contributed by atoms with Gasteiger partial charge in [-0.25, -0.2) is 4.79 Å². The summed E-state index contributed by atoms with van der Waals surface area (Å²) in [6, 6.07) is 7.25. The van der Waals surface area contributed by atoms with Crippen LogP contribution < -0.4 is 5.32 Å². The van der Waals surface area contributed by atoms with Gasteiger partial charge in [0.1, 0.15) is 12.3 Å². The Morgan fingerprint density at radius 1 is 1.22 bits per heavy atom. The van der Waals surface area contributed by atoms with Crippen LogP contribution in [0.2, 0.25) is 0 Å². The van der Waals surface area contributed by atoms with E-state index < -0.39 is 0 Å². The van der Waals surface area contributed by atoms with Gasteiger partial charge in [0.25, 0.3) is 0 Å². The van der Waals surface area contributed by atoms with Crippen LogP contribution >= 0.6 is 0 Å². The first kappa shape index (κ1) is 20.6. The van der Waals surface area contributed by atoms with E-state index in [-0.39, 0.29) is 18.5 Å². The van der Waals surface area contributed by atoms with Crippen molar-refractivity contribution in [2.24, 2.45) is 7.05 Å². The average Bonchev–Trinajstić information content (AvgIpc) is 3.30. The van der Waals surface area contributed by atoms with E-state index in [0.29, 0.717) is 38.5 Å². The summed E-state index contributed by atoms with van der Waals surface area (Å²) in [6.07, 6.45) is 3.52. The van der Waals surface area contributed by atoms with E-state index in [2.05, 4.69) is 5.32 Å². The molecular weight excluding hydrogens is 348 g/mol. The molecule has 0 radical (unpaired) electrons. The smallest absolute Gasteiger partial charge is 0.317 e. The van der Waals surface area contributed by atoms with Gasteiger partial charge < -0.3 is 28.8 Å². The second kappa shape index (κ2) is 10.4. The second-order valence-corrected chi connectivity index (χ2v) is 6.19. The first-order valence-corrected chi connectivity index (χ1v) is 8.97. The molecule has 8 nitrogen and oxygen atoms in total. The predicted octanol–water partition coefficient (Wildman–Crippen LogP) is 1.82. The number of ether oxygens (including phenoxy) is 1. The third-order valence-corrected chi connectivity index (χ3v) is 4.19. The lowest BCUT2D eigenvalue weighted by molar-refractivity contribution is -0.133. The number of carbonyl (C=O) groups excluding carboxylic acids is 2. The third-order valence-electron chi connectivity index (χ3n) is 4.19. The third kappa shape index (κ3) is 6.18. The molecule has 2 heterocycles. The average molecular weight is 376 g/mol. The fraction of sp³-hybridized carbons (Fsp3) is 0.474. The van der Waals surface area contributed by atoms with Gasteiger partial charge in [0.15, 0.2) is 0 Å². The molecule has 27 heavy (non-hydrogen) atoms. The number of aromatic nitrogens is 1. The van der Waals surface area contributed by atoms with Crippen molar-refractivity contribution in [3.8, 4) is 0 Å². The fourth-order valence-electron chi connectivity index (χ4n) is 2.66. The Kier molecular flexibility index (Phi) is 7.94. The lowest BCUT2D eigenvalue weighted by Gasteiger charge is -2.27. The molecule has 1 N–H and O–H groups in total. The number of rotatable bonds is 10. The van der Waals surface area contributed by atoms with Crippen LogP contribution in [0.1, 0.15) is 18.4 Å². The molecule has 8 heteroatoms. The van der Waals surface area contributed by atoms with E-state index in [1.807, 2.05) is 42.9 Å². The summed E-state index contributed by atoms with van der Waals surface area (Å²) in [5, 5.41) is 2.74. The minimum Gasteiger partial charge on any atom is -0.467 e. The van der Waals surface area contributed by atoms with Gasteiger partial charge in [-0.15, -0.1) is 0 Å². The fourth-order valence-corrected chi connectivity index (χ4v) is 2.66. The minimum absolute atomic E-state index is 0.0275. The zero-order valence-electron chi connectivity index (χ0n) is 16.2. The van der Waals surface area contributed by atoms with E-state index in [9.17, 15) is 9.59 Å². The zero-order valence-corrected chi connectivity index (χ0v) is 16.2. The van der Waals surface area contributed by atoms with E-state index >= 15 is 0 Å². The summed E-state index contributed by atoms with van der Waals surface area (Å²) in [7, 11) is 3.50. The van der Waals surface area contributed by atoms with Gasteiger partial charge in [0, 0.05) is 39.1 Å². The molecule has 0 saturated carbocycles. The lowest BCUT2D eigenvalue weighted by Crippen LogP contribution is -2.47. The first-order chi connectivity index (χ1) is 13.0.